The number of benzene rings is 1. The summed E-state index contributed by atoms with van der Waals surface area (Å²) in [5.41, 5.74) is 0.455. The van der Waals surface area contributed by atoms with E-state index in [1.54, 1.807) is 7.05 Å². The lowest BCUT2D eigenvalue weighted by atomic mass is 9.73. The van der Waals surface area contributed by atoms with Gasteiger partial charge >= 0.3 is 0 Å². The summed E-state index contributed by atoms with van der Waals surface area (Å²) in [5, 5.41) is 0. The third-order valence-corrected chi connectivity index (χ3v) is 4.54. The molecule has 1 aromatic rings. The van der Waals surface area contributed by atoms with E-state index in [0.717, 1.165) is 10.0 Å². The standard InChI is InChI=1S/C14H16BrNO2.C2H6/c1-9(10-4-6-11(15)7-5-10)14(2)8-12(17)16(3)13(14)18;1-2/h4-7,9H,8H2,1-3H3;1-2H3/t9?,14-;/m0./s1. The molecular formula is C16H22BrNO2. The summed E-state index contributed by atoms with van der Waals surface area (Å²) >= 11 is 3.39. The van der Waals surface area contributed by atoms with E-state index in [-0.39, 0.29) is 17.7 Å². The summed E-state index contributed by atoms with van der Waals surface area (Å²) in [5.74, 6) is -0.151. The van der Waals surface area contributed by atoms with E-state index in [1.165, 1.54) is 4.90 Å². The molecule has 1 fully saturated rings. The summed E-state index contributed by atoms with van der Waals surface area (Å²) in [7, 11) is 1.56. The van der Waals surface area contributed by atoms with E-state index in [2.05, 4.69) is 15.9 Å². The average Bonchev–Trinajstić information content (AvgIpc) is 2.66. The first-order valence-corrected chi connectivity index (χ1v) is 7.72. The van der Waals surface area contributed by atoms with E-state index in [0.29, 0.717) is 6.42 Å². The van der Waals surface area contributed by atoms with Crippen molar-refractivity contribution in [2.24, 2.45) is 5.41 Å². The molecule has 1 saturated heterocycles. The summed E-state index contributed by atoms with van der Waals surface area (Å²) < 4.78 is 1.01. The van der Waals surface area contributed by atoms with Crippen LogP contribution in [0, 0.1) is 5.41 Å². The van der Waals surface area contributed by atoms with Crippen LogP contribution in [0.2, 0.25) is 0 Å². The van der Waals surface area contributed by atoms with Crippen LogP contribution in [0.3, 0.4) is 0 Å². The van der Waals surface area contributed by atoms with Crippen LogP contribution in [0.4, 0.5) is 0 Å². The second kappa shape index (κ2) is 6.53. The lowest BCUT2D eigenvalue weighted by Crippen LogP contribution is -2.34. The van der Waals surface area contributed by atoms with Crippen molar-refractivity contribution < 1.29 is 9.59 Å². The normalized spacial score (nSPS) is 23.4. The highest BCUT2D eigenvalue weighted by molar-refractivity contribution is 9.10. The Kier molecular flexibility index (Phi) is 5.51. The number of hydrogen-bond acceptors (Lipinski definition) is 2. The van der Waals surface area contributed by atoms with Gasteiger partial charge in [0.25, 0.3) is 0 Å². The number of amides is 2. The van der Waals surface area contributed by atoms with Gasteiger partial charge in [0.1, 0.15) is 0 Å². The molecule has 0 bridgehead atoms. The molecule has 0 aliphatic carbocycles. The average molecular weight is 340 g/mol. The number of nitrogens with zero attached hydrogens (tertiary/aromatic N) is 1. The maximum Gasteiger partial charge on any atom is 0.235 e. The van der Waals surface area contributed by atoms with Crippen LogP contribution in [-0.4, -0.2) is 23.8 Å². The SMILES string of the molecule is CC.CC(c1ccc(Br)cc1)[C@]1(C)CC(=O)N(C)C1=O. The maximum absolute atomic E-state index is 12.2. The second-order valence-corrected chi connectivity index (χ2v) is 6.04. The predicted octanol–water partition coefficient (Wildman–Crippen LogP) is 3.97. The van der Waals surface area contributed by atoms with Crippen LogP contribution in [0.5, 0.6) is 0 Å². The summed E-state index contributed by atoms with van der Waals surface area (Å²) in [6, 6.07) is 7.91. The van der Waals surface area contributed by atoms with Crippen molar-refractivity contribution in [1.82, 2.24) is 4.90 Å². The zero-order valence-corrected chi connectivity index (χ0v) is 14.3. The van der Waals surface area contributed by atoms with Crippen LogP contribution >= 0.6 is 15.9 Å². The minimum Gasteiger partial charge on any atom is -0.285 e. The molecule has 2 amide bonds. The molecule has 1 aliphatic rings. The largest absolute Gasteiger partial charge is 0.285 e. The molecule has 20 heavy (non-hydrogen) atoms. The van der Waals surface area contributed by atoms with Gasteiger partial charge in [-0.1, -0.05) is 48.8 Å². The monoisotopic (exact) mass is 339 g/mol. The van der Waals surface area contributed by atoms with Gasteiger partial charge < -0.3 is 0 Å². The summed E-state index contributed by atoms with van der Waals surface area (Å²) in [6.45, 7) is 7.89. The van der Waals surface area contributed by atoms with Crippen LogP contribution in [0.25, 0.3) is 0 Å². The highest BCUT2D eigenvalue weighted by Crippen LogP contribution is 2.44. The van der Waals surface area contributed by atoms with Crippen LogP contribution < -0.4 is 0 Å². The third-order valence-electron chi connectivity index (χ3n) is 4.01. The third kappa shape index (κ3) is 2.95. The molecule has 0 aromatic heterocycles. The molecule has 2 atom stereocenters. The van der Waals surface area contributed by atoms with Gasteiger partial charge in [-0.15, -0.1) is 0 Å². The lowest BCUT2D eigenvalue weighted by Gasteiger charge is -2.28. The van der Waals surface area contributed by atoms with Crippen LogP contribution in [-0.2, 0) is 9.59 Å². The van der Waals surface area contributed by atoms with Crippen molar-refractivity contribution in [3.05, 3.63) is 34.3 Å². The van der Waals surface area contributed by atoms with E-state index < -0.39 is 5.41 Å². The molecular weight excluding hydrogens is 318 g/mol. The Bertz CT molecular complexity index is 498. The number of hydrogen-bond donors (Lipinski definition) is 0. The topological polar surface area (TPSA) is 37.4 Å². The molecule has 2 rings (SSSR count). The Balaban J connectivity index is 0.000000956. The number of halogens is 1. The molecule has 0 saturated carbocycles. The fourth-order valence-electron chi connectivity index (χ4n) is 2.46. The Morgan fingerprint density at radius 1 is 1.20 bits per heavy atom. The van der Waals surface area contributed by atoms with Crippen molar-refractivity contribution in [2.45, 2.75) is 40.0 Å². The quantitative estimate of drug-likeness (QED) is 0.764. The Hall–Kier alpha value is -1.16. The Morgan fingerprint density at radius 2 is 1.70 bits per heavy atom. The fourth-order valence-corrected chi connectivity index (χ4v) is 2.73. The van der Waals surface area contributed by atoms with Crippen LogP contribution in [0.15, 0.2) is 28.7 Å². The number of rotatable bonds is 2. The van der Waals surface area contributed by atoms with Crippen LogP contribution in [0.1, 0.15) is 45.6 Å². The fraction of sp³-hybridized carbons (Fsp3) is 0.500. The first-order valence-electron chi connectivity index (χ1n) is 6.92. The van der Waals surface area contributed by atoms with E-state index in [4.69, 9.17) is 0 Å². The second-order valence-electron chi connectivity index (χ2n) is 5.13. The molecule has 0 radical (unpaired) electrons. The van der Waals surface area contributed by atoms with Crippen molar-refractivity contribution in [2.75, 3.05) is 7.05 Å². The zero-order chi connectivity index (χ0) is 15.5. The molecule has 3 nitrogen and oxygen atoms in total. The minimum absolute atomic E-state index is 0.0204. The predicted molar refractivity (Wildman–Crippen MR) is 84.4 cm³/mol. The highest BCUT2D eigenvalue weighted by Gasteiger charge is 2.50. The molecule has 1 heterocycles. The maximum atomic E-state index is 12.2. The van der Waals surface area contributed by atoms with Gasteiger partial charge in [-0.25, -0.2) is 0 Å². The molecule has 4 heteroatoms. The lowest BCUT2D eigenvalue weighted by molar-refractivity contribution is -0.139. The molecule has 0 N–H and O–H groups in total. The number of carbonyl (C=O) groups is 2. The first kappa shape index (κ1) is 16.9. The molecule has 0 spiro atoms. The summed E-state index contributed by atoms with van der Waals surface area (Å²) in [4.78, 5) is 25.1. The van der Waals surface area contributed by atoms with E-state index in [1.807, 2.05) is 52.0 Å². The molecule has 1 unspecified atom stereocenters. The Morgan fingerprint density at radius 3 is 2.10 bits per heavy atom. The minimum atomic E-state index is -0.625. The molecule has 110 valence electrons. The van der Waals surface area contributed by atoms with Gasteiger partial charge in [-0.3, -0.25) is 14.5 Å². The zero-order valence-electron chi connectivity index (χ0n) is 12.7. The van der Waals surface area contributed by atoms with Crippen molar-refractivity contribution >= 4 is 27.7 Å². The highest BCUT2D eigenvalue weighted by atomic mass is 79.9. The first-order chi connectivity index (χ1) is 9.36. The van der Waals surface area contributed by atoms with Gasteiger partial charge in [0, 0.05) is 17.9 Å². The van der Waals surface area contributed by atoms with E-state index in [9.17, 15) is 9.59 Å². The van der Waals surface area contributed by atoms with E-state index >= 15 is 0 Å². The molecule has 1 aromatic carbocycles. The van der Waals surface area contributed by atoms with Crippen molar-refractivity contribution in [1.29, 1.82) is 0 Å². The number of carbonyl (C=O) groups excluding carboxylic acids is 2. The number of imide groups is 1. The van der Waals surface area contributed by atoms with Gasteiger partial charge in [0.2, 0.25) is 11.8 Å². The Labute approximate surface area is 129 Å². The van der Waals surface area contributed by atoms with Gasteiger partial charge in [0.05, 0.1) is 5.41 Å². The number of likely N-dealkylation sites (tertiary alicyclic amines) is 1. The smallest absolute Gasteiger partial charge is 0.235 e. The van der Waals surface area contributed by atoms with Crippen molar-refractivity contribution in [3.63, 3.8) is 0 Å². The van der Waals surface area contributed by atoms with Gasteiger partial charge in [-0.2, -0.15) is 0 Å². The van der Waals surface area contributed by atoms with Crippen molar-refractivity contribution in [3.8, 4) is 0 Å². The summed E-state index contributed by atoms with van der Waals surface area (Å²) in [6.07, 6.45) is 0.291. The van der Waals surface area contributed by atoms with Gasteiger partial charge in [-0.05, 0) is 30.5 Å². The van der Waals surface area contributed by atoms with Gasteiger partial charge in [0.15, 0.2) is 0 Å². The molecule has 1 aliphatic heterocycles.